The van der Waals surface area contributed by atoms with Gasteiger partial charge in [-0.15, -0.1) is 0 Å². The third-order valence-corrected chi connectivity index (χ3v) is 3.58. The second-order valence-corrected chi connectivity index (χ2v) is 5.02. The molecule has 0 spiro atoms. The number of carbonyl (C=O) groups is 1. The van der Waals surface area contributed by atoms with Crippen LogP contribution in [0.2, 0.25) is 0 Å². The monoisotopic (exact) mass is 271 g/mol. The fourth-order valence-corrected chi connectivity index (χ4v) is 1.93. The van der Waals surface area contributed by atoms with E-state index in [9.17, 15) is 13.6 Å². The quantitative estimate of drug-likeness (QED) is 0.859. The van der Waals surface area contributed by atoms with Gasteiger partial charge in [-0.2, -0.15) is 0 Å². The molecule has 2 rings (SSSR count). The summed E-state index contributed by atoms with van der Waals surface area (Å²) in [5, 5.41) is 11.6. The lowest BCUT2D eigenvalue weighted by Crippen LogP contribution is -2.33. The molecule has 1 heterocycles. The summed E-state index contributed by atoms with van der Waals surface area (Å²) < 4.78 is 26.7. The van der Waals surface area contributed by atoms with Gasteiger partial charge in [0, 0.05) is 12.7 Å². The van der Waals surface area contributed by atoms with Crippen molar-refractivity contribution < 1.29 is 18.7 Å². The molecular weight excluding hydrogens is 256 g/mol. The molecule has 1 aliphatic rings. The predicted molar refractivity (Wildman–Crippen MR) is 64.5 cm³/mol. The lowest BCUT2D eigenvalue weighted by Gasteiger charge is -2.23. The zero-order chi connectivity index (χ0) is 14.3. The molecule has 1 saturated carbocycles. The van der Waals surface area contributed by atoms with Gasteiger partial charge in [0.15, 0.2) is 0 Å². The number of carboxylic acid groups (broad SMARTS) is 1. The molecule has 1 aromatic rings. The Morgan fingerprint density at radius 3 is 2.63 bits per heavy atom. The van der Waals surface area contributed by atoms with E-state index in [1.807, 2.05) is 0 Å². The van der Waals surface area contributed by atoms with Gasteiger partial charge in [-0.1, -0.05) is 0 Å². The molecule has 5 nitrogen and oxygen atoms in total. The Kier molecular flexibility index (Phi) is 3.15. The van der Waals surface area contributed by atoms with E-state index in [4.69, 9.17) is 5.11 Å². The van der Waals surface area contributed by atoms with Crippen molar-refractivity contribution in [2.24, 2.45) is 5.41 Å². The Balaban J connectivity index is 2.05. The molecule has 2 N–H and O–H groups in total. The number of aryl methyl sites for hydroxylation is 1. The summed E-state index contributed by atoms with van der Waals surface area (Å²) in [7, 11) is 0. The SMILES string of the molecule is Cc1nc(NCC2(C(C)(F)F)CC2)ncc1C(=O)O. The Bertz CT molecular complexity index is 510. The van der Waals surface area contributed by atoms with Crippen LogP contribution in [-0.2, 0) is 0 Å². The Labute approximate surface area is 109 Å². The Hall–Kier alpha value is -1.79. The molecule has 0 saturated heterocycles. The normalized spacial score (nSPS) is 17.1. The molecule has 0 radical (unpaired) electrons. The highest BCUT2D eigenvalue weighted by atomic mass is 19.3. The van der Waals surface area contributed by atoms with Crippen molar-refractivity contribution in [3.8, 4) is 0 Å². The van der Waals surface area contributed by atoms with Crippen LogP contribution in [0.3, 0.4) is 0 Å². The van der Waals surface area contributed by atoms with Crippen molar-refractivity contribution >= 4 is 11.9 Å². The van der Waals surface area contributed by atoms with E-state index in [2.05, 4.69) is 15.3 Å². The Morgan fingerprint density at radius 2 is 2.21 bits per heavy atom. The number of aromatic nitrogens is 2. The number of hydrogen-bond donors (Lipinski definition) is 2. The fourth-order valence-electron chi connectivity index (χ4n) is 1.93. The zero-order valence-electron chi connectivity index (χ0n) is 10.7. The summed E-state index contributed by atoms with van der Waals surface area (Å²) in [6.45, 7) is 2.54. The second kappa shape index (κ2) is 4.40. The minimum absolute atomic E-state index is 0.00695. The van der Waals surface area contributed by atoms with Crippen LogP contribution in [0.15, 0.2) is 6.20 Å². The van der Waals surface area contributed by atoms with Crippen LogP contribution in [-0.4, -0.2) is 33.5 Å². The third kappa shape index (κ3) is 2.64. The van der Waals surface area contributed by atoms with Gasteiger partial charge >= 0.3 is 5.97 Å². The van der Waals surface area contributed by atoms with Gasteiger partial charge in [0.25, 0.3) is 5.92 Å². The van der Waals surface area contributed by atoms with E-state index in [-0.39, 0.29) is 18.1 Å². The Morgan fingerprint density at radius 1 is 1.58 bits per heavy atom. The van der Waals surface area contributed by atoms with E-state index in [1.165, 1.54) is 13.1 Å². The number of halogens is 2. The summed E-state index contributed by atoms with van der Waals surface area (Å²) in [5.41, 5.74) is -0.707. The van der Waals surface area contributed by atoms with E-state index in [0.717, 1.165) is 6.92 Å². The highest BCUT2D eigenvalue weighted by Gasteiger charge is 2.58. The number of carboxylic acids is 1. The van der Waals surface area contributed by atoms with Crippen LogP contribution < -0.4 is 5.32 Å². The van der Waals surface area contributed by atoms with Crippen LogP contribution in [0, 0.1) is 12.3 Å². The molecule has 0 unspecified atom stereocenters. The highest BCUT2D eigenvalue weighted by molar-refractivity contribution is 5.88. The summed E-state index contributed by atoms with van der Waals surface area (Å²) in [6, 6.07) is 0. The molecule has 19 heavy (non-hydrogen) atoms. The molecule has 0 aromatic carbocycles. The van der Waals surface area contributed by atoms with E-state index >= 15 is 0 Å². The number of nitrogens with one attached hydrogen (secondary N) is 1. The first-order chi connectivity index (χ1) is 8.75. The molecule has 7 heteroatoms. The fraction of sp³-hybridized carbons (Fsp3) is 0.583. The second-order valence-electron chi connectivity index (χ2n) is 5.02. The topological polar surface area (TPSA) is 75.1 Å². The molecule has 1 fully saturated rings. The molecule has 104 valence electrons. The predicted octanol–water partition coefficient (Wildman–Crippen LogP) is 2.33. The van der Waals surface area contributed by atoms with Crippen molar-refractivity contribution in [3.05, 3.63) is 17.5 Å². The van der Waals surface area contributed by atoms with Crippen LogP contribution in [0.25, 0.3) is 0 Å². The van der Waals surface area contributed by atoms with Crippen LogP contribution in [0.4, 0.5) is 14.7 Å². The van der Waals surface area contributed by atoms with Gasteiger partial charge in [-0.3, -0.25) is 0 Å². The maximum absolute atomic E-state index is 13.4. The number of rotatable bonds is 5. The smallest absolute Gasteiger partial charge is 0.339 e. The first-order valence-electron chi connectivity index (χ1n) is 5.94. The van der Waals surface area contributed by atoms with Crippen LogP contribution >= 0.6 is 0 Å². The van der Waals surface area contributed by atoms with Crippen molar-refractivity contribution in [2.75, 3.05) is 11.9 Å². The minimum atomic E-state index is -2.74. The van der Waals surface area contributed by atoms with Gasteiger partial charge in [-0.25, -0.2) is 23.5 Å². The van der Waals surface area contributed by atoms with E-state index in [1.54, 1.807) is 0 Å². The average molecular weight is 271 g/mol. The van der Waals surface area contributed by atoms with E-state index < -0.39 is 17.3 Å². The van der Waals surface area contributed by atoms with Crippen molar-refractivity contribution in [2.45, 2.75) is 32.6 Å². The molecular formula is C12H15F2N3O2. The first-order valence-corrected chi connectivity index (χ1v) is 5.94. The van der Waals surface area contributed by atoms with Gasteiger partial charge in [0.1, 0.15) is 0 Å². The standard InChI is InChI=1S/C12H15F2N3O2/c1-7-8(9(18)19)5-15-10(17-7)16-6-12(3-4-12)11(2,13)14/h5H,3-4,6H2,1-2H3,(H,18,19)(H,15,16,17). The maximum atomic E-state index is 13.4. The largest absolute Gasteiger partial charge is 0.478 e. The maximum Gasteiger partial charge on any atom is 0.339 e. The molecule has 0 amide bonds. The number of hydrogen-bond acceptors (Lipinski definition) is 4. The molecule has 0 aliphatic heterocycles. The summed E-state index contributed by atoms with van der Waals surface area (Å²) in [5.74, 6) is -3.67. The molecule has 0 atom stereocenters. The van der Waals surface area contributed by atoms with Gasteiger partial charge in [0.05, 0.1) is 16.7 Å². The van der Waals surface area contributed by atoms with E-state index in [0.29, 0.717) is 18.5 Å². The number of nitrogens with zero attached hydrogens (tertiary/aromatic N) is 2. The first kappa shape index (κ1) is 13.6. The minimum Gasteiger partial charge on any atom is -0.478 e. The lowest BCUT2D eigenvalue weighted by atomic mass is 10.00. The summed E-state index contributed by atoms with van der Waals surface area (Å²) >= 11 is 0. The van der Waals surface area contributed by atoms with Gasteiger partial charge < -0.3 is 10.4 Å². The van der Waals surface area contributed by atoms with Crippen LogP contribution in [0.1, 0.15) is 35.8 Å². The van der Waals surface area contributed by atoms with Gasteiger partial charge in [0.2, 0.25) is 5.95 Å². The number of aromatic carboxylic acids is 1. The van der Waals surface area contributed by atoms with Crippen molar-refractivity contribution in [3.63, 3.8) is 0 Å². The number of alkyl halides is 2. The third-order valence-electron chi connectivity index (χ3n) is 3.58. The summed E-state index contributed by atoms with van der Waals surface area (Å²) in [4.78, 5) is 18.6. The molecule has 1 aliphatic carbocycles. The zero-order valence-corrected chi connectivity index (χ0v) is 10.7. The van der Waals surface area contributed by atoms with Crippen molar-refractivity contribution in [1.29, 1.82) is 0 Å². The summed E-state index contributed by atoms with van der Waals surface area (Å²) in [6.07, 6.45) is 2.11. The van der Waals surface area contributed by atoms with Gasteiger partial charge in [-0.05, 0) is 26.7 Å². The van der Waals surface area contributed by atoms with Crippen LogP contribution in [0.5, 0.6) is 0 Å². The molecule has 0 bridgehead atoms. The highest BCUT2D eigenvalue weighted by Crippen LogP contribution is 2.56. The average Bonchev–Trinajstić information content (AvgIpc) is 3.06. The molecule has 1 aromatic heterocycles. The number of anilines is 1. The lowest BCUT2D eigenvalue weighted by molar-refractivity contribution is -0.0485. The van der Waals surface area contributed by atoms with Crippen molar-refractivity contribution in [1.82, 2.24) is 9.97 Å².